The molecule has 2 fully saturated rings. The Morgan fingerprint density at radius 1 is 1.17 bits per heavy atom. The van der Waals surface area contributed by atoms with E-state index in [1.807, 2.05) is 6.07 Å². The van der Waals surface area contributed by atoms with E-state index < -0.39 is 0 Å². The van der Waals surface area contributed by atoms with E-state index in [1.54, 1.807) is 17.7 Å². The normalized spacial score (nSPS) is 24.6. The summed E-state index contributed by atoms with van der Waals surface area (Å²) in [6, 6.07) is 4.56. The topological polar surface area (TPSA) is 85.8 Å². The monoisotopic (exact) mass is 315 g/mol. The summed E-state index contributed by atoms with van der Waals surface area (Å²) < 4.78 is 6.82. The van der Waals surface area contributed by atoms with Gasteiger partial charge in [-0.05, 0) is 51.5 Å². The van der Waals surface area contributed by atoms with Crippen LogP contribution in [0.1, 0.15) is 62.0 Å². The quantitative estimate of drug-likeness (QED) is 0.932. The predicted molar refractivity (Wildman–Crippen MR) is 84.4 cm³/mol. The van der Waals surface area contributed by atoms with Crippen molar-refractivity contribution in [1.29, 1.82) is 0 Å². The molecule has 2 saturated carbocycles. The lowest BCUT2D eigenvalue weighted by atomic mass is 9.91. The van der Waals surface area contributed by atoms with Gasteiger partial charge in [-0.3, -0.25) is 4.79 Å². The lowest BCUT2D eigenvalue weighted by molar-refractivity contribution is 0.297. The zero-order chi connectivity index (χ0) is 15.8. The molecule has 2 heterocycles. The highest BCUT2D eigenvalue weighted by atomic mass is 16.5. The first-order valence-corrected chi connectivity index (χ1v) is 8.35. The van der Waals surface area contributed by atoms with Crippen LogP contribution in [0.4, 0.5) is 6.01 Å². The van der Waals surface area contributed by atoms with Crippen molar-refractivity contribution < 1.29 is 4.52 Å². The molecule has 4 rings (SSSR count). The molecule has 2 aromatic rings. The fraction of sp³-hybridized carbons (Fsp3) is 0.625. The molecule has 0 atom stereocenters. The summed E-state index contributed by atoms with van der Waals surface area (Å²) in [6.45, 7) is 1.80. The molecule has 0 radical (unpaired) electrons. The van der Waals surface area contributed by atoms with E-state index in [0.717, 1.165) is 31.4 Å². The third-order valence-corrected chi connectivity index (χ3v) is 4.74. The SMILES string of the molecule is Cc1noc(NC2CCC(n3nc(C4CC4)ccc3=O)CC2)n1. The maximum atomic E-state index is 12.1. The van der Waals surface area contributed by atoms with Gasteiger partial charge in [-0.2, -0.15) is 10.1 Å². The molecule has 0 spiro atoms. The molecule has 1 N–H and O–H groups in total. The van der Waals surface area contributed by atoms with Gasteiger partial charge >= 0.3 is 6.01 Å². The van der Waals surface area contributed by atoms with Gasteiger partial charge in [0.25, 0.3) is 5.56 Å². The maximum Gasteiger partial charge on any atom is 0.321 e. The summed E-state index contributed by atoms with van der Waals surface area (Å²) in [5, 5.41) is 11.7. The van der Waals surface area contributed by atoms with Gasteiger partial charge in [0, 0.05) is 18.0 Å². The first kappa shape index (κ1) is 14.4. The highest BCUT2D eigenvalue weighted by Gasteiger charge is 2.28. The van der Waals surface area contributed by atoms with Crippen LogP contribution in [0.15, 0.2) is 21.5 Å². The van der Waals surface area contributed by atoms with E-state index in [9.17, 15) is 4.79 Å². The van der Waals surface area contributed by atoms with Crippen LogP contribution in [0.25, 0.3) is 0 Å². The number of nitrogens with zero attached hydrogens (tertiary/aromatic N) is 4. The zero-order valence-corrected chi connectivity index (χ0v) is 13.2. The lowest BCUT2D eigenvalue weighted by Crippen LogP contribution is -2.33. The summed E-state index contributed by atoms with van der Waals surface area (Å²) in [5.41, 5.74) is 1.09. The van der Waals surface area contributed by atoms with Crippen molar-refractivity contribution in [2.24, 2.45) is 0 Å². The molecule has 23 heavy (non-hydrogen) atoms. The Kier molecular flexibility index (Phi) is 3.63. The van der Waals surface area contributed by atoms with Crippen molar-refractivity contribution >= 4 is 6.01 Å². The van der Waals surface area contributed by atoms with Crippen molar-refractivity contribution in [3.8, 4) is 0 Å². The number of aryl methyl sites for hydroxylation is 1. The van der Waals surface area contributed by atoms with Gasteiger partial charge in [0.2, 0.25) is 0 Å². The summed E-state index contributed by atoms with van der Waals surface area (Å²) >= 11 is 0. The van der Waals surface area contributed by atoms with E-state index in [2.05, 4.69) is 20.6 Å². The van der Waals surface area contributed by atoms with Gasteiger partial charge in [-0.25, -0.2) is 4.68 Å². The Morgan fingerprint density at radius 3 is 2.61 bits per heavy atom. The lowest BCUT2D eigenvalue weighted by Gasteiger charge is -2.29. The number of hydrogen-bond donors (Lipinski definition) is 1. The Morgan fingerprint density at radius 2 is 1.96 bits per heavy atom. The molecule has 0 unspecified atom stereocenters. The minimum Gasteiger partial charge on any atom is -0.335 e. The van der Waals surface area contributed by atoms with Crippen molar-refractivity contribution in [3.63, 3.8) is 0 Å². The van der Waals surface area contributed by atoms with Crippen LogP contribution in [-0.2, 0) is 0 Å². The van der Waals surface area contributed by atoms with Crippen LogP contribution in [0, 0.1) is 6.92 Å². The van der Waals surface area contributed by atoms with Gasteiger partial charge < -0.3 is 9.84 Å². The molecular weight excluding hydrogens is 294 g/mol. The molecule has 2 aromatic heterocycles. The summed E-state index contributed by atoms with van der Waals surface area (Å²) in [5.74, 6) is 1.20. The highest BCUT2D eigenvalue weighted by Crippen LogP contribution is 2.38. The van der Waals surface area contributed by atoms with Gasteiger partial charge in [0.05, 0.1) is 11.7 Å². The third-order valence-electron chi connectivity index (χ3n) is 4.74. The van der Waals surface area contributed by atoms with Crippen LogP contribution >= 0.6 is 0 Å². The fourth-order valence-corrected chi connectivity index (χ4v) is 3.29. The van der Waals surface area contributed by atoms with Crippen LogP contribution < -0.4 is 10.9 Å². The van der Waals surface area contributed by atoms with Crippen molar-refractivity contribution in [2.75, 3.05) is 5.32 Å². The van der Waals surface area contributed by atoms with E-state index in [4.69, 9.17) is 4.52 Å². The first-order chi connectivity index (χ1) is 11.2. The fourth-order valence-electron chi connectivity index (χ4n) is 3.29. The molecule has 0 aromatic carbocycles. The summed E-state index contributed by atoms with van der Waals surface area (Å²) in [4.78, 5) is 16.3. The second-order valence-electron chi connectivity index (χ2n) is 6.61. The van der Waals surface area contributed by atoms with Gasteiger partial charge in [0.1, 0.15) is 0 Å². The first-order valence-electron chi connectivity index (χ1n) is 8.35. The molecule has 2 aliphatic rings. The average molecular weight is 315 g/mol. The minimum atomic E-state index is 0.0123. The highest BCUT2D eigenvalue weighted by molar-refractivity contribution is 5.20. The number of aromatic nitrogens is 4. The number of anilines is 1. The van der Waals surface area contributed by atoms with Gasteiger partial charge in [-0.15, -0.1) is 0 Å². The predicted octanol–water partition coefficient (Wildman–Crippen LogP) is 2.41. The Bertz CT molecular complexity index is 741. The summed E-state index contributed by atoms with van der Waals surface area (Å²) in [7, 11) is 0. The Labute approximate surface area is 134 Å². The molecule has 7 nitrogen and oxygen atoms in total. The third kappa shape index (κ3) is 3.13. The maximum absolute atomic E-state index is 12.1. The molecule has 0 bridgehead atoms. The van der Waals surface area contributed by atoms with Crippen LogP contribution in [0.2, 0.25) is 0 Å². The second-order valence-corrected chi connectivity index (χ2v) is 6.61. The van der Waals surface area contributed by atoms with Crippen LogP contribution in [-0.4, -0.2) is 26.0 Å². The van der Waals surface area contributed by atoms with Crippen molar-refractivity contribution in [3.05, 3.63) is 34.0 Å². The van der Waals surface area contributed by atoms with Gasteiger partial charge in [0.15, 0.2) is 5.82 Å². The average Bonchev–Trinajstić information content (AvgIpc) is 3.32. The van der Waals surface area contributed by atoms with Crippen molar-refractivity contribution in [2.45, 2.75) is 63.5 Å². The molecule has 0 amide bonds. The smallest absolute Gasteiger partial charge is 0.321 e. The Hall–Kier alpha value is -2.18. The molecule has 122 valence electrons. The Balaban J connectivity index is 1.41. The van der Waals surface area contributed by atoms with Crippen LogP contribution in [0.5, 0.6) is 0 Å². The minimum absolute atomic E-state index is 0.0123. The molecular formula is C16H21N5O2. The second kappa shape index (κ2) is 5.79. The molecule has 0 aliphatic heterocycles. The number of hydrogen-bond acceptors (Lipinski definition) is 6. The largest absolute Gasteiger partial charge is 0.335 e. The van der Waals surface area contributed by atoms with Crippen molar-refractivity contribution in [1.82, 2.24) is 19.9 Å². The van der Waals surface area contributed by atoms with E-state index >= 15 is 0 Å². The summed E-state index contributed by atoms with van der Waals surface area (Å²) in [6.07, 6.45) is 6.20. The number of nitrogens with one attached hydrogen (secondary N) is 1. The standard InChI is InChI=1S/C16H21N5O2/c1-10-17-16(23-20-10)18-12-4-6-13(7-5-12)21-15(22)9-8-14(19-21)11-2-3-11/h8-9,11-13H,2-7H2,1H3,(H,17,18,20). The van der Waals surface area contributed by atoms with E-state index in [-0.39, 0.29) is 11.6 Å². The van der Waals surface area contributed by atoms with Gasteiger partial charge in [-0.1, -0.05) is 5.16 Å². The molecule has 7 heteroatoms. The molecule has 0 saturated heterocycles. The zero-order valence-electron chi connectivity index (χ0n) is 13.2. The molecule has 2 aliphatic carbocycles. The van der Waals surface area contributed by atoms with E-state index in [1.165, 1.54) is 12.8 Å². The number of rotatable bonds is 4. The van der Waals surface area contributed by atoms with E-state index in [0.29, 0.717) is 23.8 Å². The van der Waals surface area contributed by atoms with Crippen LogP contribution in [0.3, 0.4) is 0 Å².